The second-order valence-corrected chi connectivity index (χ2v) is 2.22. The Hall–Kier alpha value is 0.734. The molecule has 3 heteroatoms. The molecule has 1 radical (unpaired) electrons. The molecule has 1 aliphatic carbocycles. The summed E-state index contributed by atoms with van der Waals surface area (Å²) in [4.78, 5) is 10.8. The van der Waals surface area contributed by atoms with Gasteiger partial charge in [-0.3, -0.25) is 4.79 Å². The molecule has 1 atom stereocenters. The molecule has 0 aromatic rings. The van der Waals surface area contributed by atoms with Crippen LogP contribution in [0.25, 0.3) is 0 Å². The van der Waals surface area contributed by atoms with Crippen LogP contribution in [-0.4, -0.2) is 18.5 Å². The second kappa shape index (κ2) is 5.39. The molecule has 1 rings (SSSR count). The molecule has 0 aromatic heterocycles. The Morgan fingerprint density at radius 1 is 1.70 bits per heavy atom. The van der Waals surface area contributed by atoms with Gasteiger partial charge in [0.25, 0.3) is 0 Å². The van der Waals surface area contributed by atoms with Gasteiger partial charge in [-0.2, -0.15) is 0 Å². The Morgan fingerprint density at radius 3 is 2.80 bits per heavy atom. The van der Waals surface area contributed by atoms with Crippen LogP contribution in [0.2, 0.25) is 0 Å². The number of ether oxygens (including phenoxy) is 1. The van der Waals surface area contributed by atoms with Crippen LogP contribution in [0.4, 0.5) is 0 Å². The third kappa shape index (κ3) is 2.77. The average molecular weight is 216 g/mol. The van der Waals surface area contributed by atoms with Gasteiger partial charge in [0.1, 0.15) is 6.10 Å². The summed E-state index contributed by atoms with van der Waals surface area (Å²) < 4.78 is 5.05. The topological polar surface area (TPSA) is 26.3 Å². The van der Waals surface area contributed by atoms with Crippen molar-refractivity contribution in [3.63, 3.8) is 0 Å². The van der Waals surface area contributed by atoms with Gasteiger partial charge in [-0.25, -0.2) is 0 Å². The fraction of sp³-hybridized carbons (Fsp3) is 0.714. The average Bonchev–Trinajstić information content (AvgIpc) is 2.18. The monoisotopic (exact) mass is 216 g/mol. The first-order valence-corrected chi connectivity index (χ1v) is 3.28. The fourth-order valence-corrected chi connectivity index (χ4v) is 1.10. The van der Waals surface area contributed by atoms with E-state index in [4.69, 9.17) is 4.74 Å². The minimum Gasteiger partial charge on any atom is -0.402 e. The summed E-state index contributed by atoms with van der Waals surface area (Å²) in [5.41, 5.74) is 0. The molecule has 0 bridgehead atoms. The van der Waals surface area contributed by atoms with Crippen LogP contribution in [-0.2, 0) is 42.2 Å². The molecule has 1 saturated carbocycles. The molecular weight excluding hydrogens is 205 g/mol. The van der Waals surface area contributed by atoms with E-state index in [1.165, 1.54) is 0 Å². The molecule has 0 spiro atoms. The van der Waals surface area contributed by atoms with Crippen LogP contribution in [0.15, 0.2) is 0 Å². The Bertz CT molecular complexity index is 114. The molecule has 0 amide bonds. The maximum absolute atomic E-state index is 10.8. The van der Waals surface area contributed by atoms with Crippen molar-refractivity contribution >= 4 is 5.78 Å². The Morgan fingerprint density at radius 2 is 2.40 bits per heavy atom. The molecule has 0 aliphatic heterocycles. The molecule has 2 nitrogen and oxygen atoms in total. The second-order valence-electron chi connectivity index (χ2n) is 2.22. The molecule has 1 aliphatic rings. The van der Waals surface area contributed by atoms with Crippen molar-refractivity contribution in [3.8, 4) is 0 Å². The number of Topliss-reactive ketones (excluding diaryl/α,β-unsaturated/α-hetero) is 1. The Kier molecular flexibility index (Phi) is 5.79. The maximum Gasteiger partial charge on any atom is 0.161 e. The Balaban J connectivity index is 0.000000810. The smallest absolute Gasteiger partial charge is 0.161 e. The van der Waals surface area contributed by atoms with E-state index in [0.29, 0.717) is 13.0 Å². The first-order chi connectivity index (χ1) is 4.34. The summed E-state index contributed by atoms with van der Waals surface area (Å²) in [6.07, 6.45) is 2.46. The van der Waals surface area contributed by atoms with Crippen molar-refractivity contribution in [2.24, 2.45) is 0 Å². The molecule has 0 N–H and O–H groups in total. The van der Waals surface area contributed by atoms with Crippen molar-refractivity contribution in [2.75, 3.05) is 6.61 Å². The molecule has 0 aromatic carbocycles. The third-order valence-electron chi connectivity index (χ3n) is 1.57. The van der Waals surface area contributed by atoms with E-state index >= 15 is 0 Å². The van der Waals surface area contributed by atoms with E-state index in [9.17, 15) is 4.79 Å². The van der Waals surface area contributed by atoms with Gasteiger partial charge in [0.05, 0.1) is 0 Å². The molecule has 1 unspecified atom stereocenters. The fourth-order valence-electron chi connectivity index (χ4n) is 1.10. The number of carbonyl (C=O) groups excluding carboxylic acids is 1. The van der Waals surface area contributed by atoms with Crippen LogP contribution < -0.4 is 0 Å². The first-order valence-electron chi connectivity index (χ1n) is 3.28. The number of ketones is 1. The van der Waals surface area contributed by atoms with Gasteiger partial charge < -0.3 is 11.7 Å². The third-order valence-corrected chi connectivity index (χ3v) is 1.57. The predicted octanol–water partition coefficient (Wildman–Crippen LogP) is 0.956. The summed E-state index contributed by atoms with van der Waals surface area (Å²) in [6, 6.07) is 0. The minimum atomic E-state index is -0.123. The van der Waals surface area contributed by atoms with Crippen molar-refractivity contribution < 1.29 is 42.2 Å². The van der Waals surface area contributed by atoms with E-state index in [2.05, 4.69) is 6.92 Å². The summed E-state index contributed by atoms with van der Waals surface area (Å²) in [7, 11) is 0. The summed E-state index contributed by atoms with van der Waals surface area (Å²) >= 11 is 0. The van der Waals surface area contributed by atoms with Crippen LogP contribution in [0.1, 0.15) is 19.3 Å². The summed E-state index contributed by atoms with van der Waals surface area (Å²) in [5.74, 6) is 0.249. The number of carbonyl (C=O) groups is 1. The van der Waals surface area contributed by atoms with E-state index in [1.54, 1.807) is 0 Å². The SMILES string of the molecule is [CH2-]COC1CCCC1=O.[Y]. The molecule has 10 heavy (non-hydrogen) atoms. The van der Waals surface area contributed by atoms with Crippen LogP contribution in [0.3, 0.4) is 0 Å². The van der Waals surface area contributed by atoms with Crippen molar-refractivity contribution in [3.05, 3.63) is 6.92 Å². The maximum atomic E-state index is 10.8. The van der Waals surface area contributed by atoms with E-state index in [-0.39, 0.29) is 44.6 Å². The molecule has 0 saturated heterocycles. The largest absolute Gasteiger partial charge is 0.402 e. The zero-order valence-corrected chi connectivity index (χ0v) is 8.85. The number of hydrogen-bond donors (Lipinski definition) is 0. The molecule has 0 heterocycles. The molecular formula is C7H11O2Y-. The normalized spacial score (nSPS) is 24.5. The van der Waals surface area contributed by atoms with E-state index < -0.39 is 0 Å². The van der Waals surface area contributed by atoms with Gasteiger partial charge in [-0.15, -0.1) is 0 Å². The van der Waals surface area contributed by atoms with Gasteiger partial charge in [-0.05, 0) is 12.8 Å². The van der Waals surface area contributed by atoms with Gasteiger partial charge >= 0.3 is 0 Å². The first kappa shape index (κ1) is 10.7. The summed E-state index contributed by atoms with van der Waals surface area (Å²) in [6.45, 7) is 3.92. The van der Waals surface area contributed by atoms with Gasteiger partial charge in [0.2, 0.25) is 0 Å². The quantitative estimate of drug-likeness (QED) is 0.642. The van der Waals surface area contributed by atoms with Crippen molar-refractivity contribution in [1.29, 1.82) is 0 Å². The van der Waals surface area contributed by atoms with Gasteiger partial charge in [0, 0.05) is 39.1 Å². The van der Waals surface area contributed by atoms with Gasteiger partial charge in [-0.1, -0.05) is 6.61 Å². The van der Waals surface area contributed by atoms with Crippen LogP contribution in [0, 0.1) is 6.92 Å². The minimum absolute atomic E-state index is 0. The van der Waals surface area contributed by atoms with Crippen LogP contribution in [0.5, 0.6) is 0 Å². The zero-order chi connectivity index (χ0) is 6.69. The van der Waals surface area contributed by atoms with Crippen LogP contribution >= 0.6 is 0 Å². The number of hydrogen-bond acceptors (Lipinski definition) is 2. The predicted molar refractivity (Wildman–Crippen MR) is 34.0 cm³/mol. The van der Waals surface area contributed by atoms with E-state index in [0.717, 1.165) is 12.8 Å². The van der Waals surface area contributed by atoms with Crippen molar-refractivity contribution in [1.82, 2.24) is 0 Å². The standard InChI is InChI=1S/C7H11O2.Y/c1-2-9-7-5-3-4-6(7)8;/h7H,1-5H2;/q-1;. The Labute approximate surface area is 86.6 Å². The van der Waals surface area contributed by atoms with Gasteiger partial charge in [0.15, 0.2) is 5.78 Å². The zero-order valence-electron chi connectivity index (χ0n) is 6.01. The van der Waals surface area contributed by atoms with Crippen molar-refractivity contribution in [2.45, 2.75) is 25.4 Å². The summed E-state index contributed by atoms with van der Waals surface area (Å²) in [5, 5.41) is 0. The number of rotatable bonds is 2. The van der Waals surface area contributed by atoms with E-state index in [1.807, 2.05) is 0 Å². The molecule has 55 valence electrons. The molecule has 1 fully saturated rings.